The van der Waals surface area contributed by atoms with E-state index in [1.807, 2.05) is 0 Å². The summed E-state index contributed by atoms with van der Waals surface area (Å²) in [7, 11) is 0. The molecule has 7 nitrogen and oxygen atoms in total. The number of hydrogen-bond donors (Lipinski definition) is 3. The van der Waals surface area contributed by atoms with E-state index in [1.54, 1.807) is 6.92 Å². The molecule has 0 spiro atoms. The van der Waals surface area contributed by atoms with Gasteiger partial charge in [0.25, 0.3) is 0 Å². The minimum atomic E-state index is -0.847. The van der Waals surface area contributed by atoms with Crippen molar-refractivity contribution in [2.75, 3.05) is 16.0 Å². The summed E-state index contributed by atoms with van der Waals surface area (Å²) in [6.45, 7) is 2.93. The van der Waals surface area contributed by atoms with E-state index < -0.39 is 30.1 Å². The molecule has 0 saturated carbocycles. The SMILES string of the molecule is CC(=O)Nc1ccc(N2C(=O)O[C@H](NC(=O)CS)C2C)cc1F. The molecule has 1 heterocycles. The summed E-state index contributed by atoms with van der Waals surface area (Å²) < 4.78 is 19.1. The van der Waals surface area contributed by atoms with Crippen molar-refractivity contribution in [3.63, 3.8) is 0 Å². The van der Waals surface area contributed by atoms with Crippen LogP contribution in [0.2, 0.25) is 0 Å². The van der Waals surface area contributed by atoms with Gasteiger partial charge in [0, 0.05) is 6.92 Å². The van der Waals surface area contributed by atoms with Crippen molar-refractivity contribution in [3.05, 3.63) is 24.0 Å². The maximum atomic E-state index is 14.0. The molecule has 2 atom stereocenters. The van der Waals surface area contributed by atoms with Gasteiger partial charge in [0.1, 0.15) is 5.82 Å². The molecule has 3 amide bonds. The zero-order valence-electron chi connectivity index (χ0n) is 12.5. The average Bonchev–Trinajstić information content (AvgIpc) is 2.75. The largest absolute Gasteiger partial charge is 0.423 e. The molecule has 0 aliphatic carbocycles. The van der Waals surface area contributed by atoms with Crippen LogP contribution in [0.4, 0.5) is 20.6 Å². The Morgan fingerprint density at radius 1 is 1.43 bits per heavy atom. The molecule has 23 heavy (non-hydrogen) atoms. The highest BCUT2D eigenvalue weighted by Gasteiger charge is 2.40. The van der Waals surface area contributed by atoms with Gasteiger partial charge in [0.15, 0.2) is 6.23 Å². The van der Waals surface area contributed by atoms with Gasteiger partial charge < -0.3 is 15.4 Å². The first-order chi connectivity index (χ1) is 10.8. The third kappa shape index (κ3) is 3.73. The van der Waals surface area contributed by atoms with Gasteiger partial charge in [-0.25, -0.2) is 9.18 Å². The maximum absolute atomic E-state index is 14.0. The molecule has 1 unspecified atom stereocenters. The van der Waals surface area contributed by atoms with Crippen LogP contribution < -0.4 is 15.5 Å². The lowest BCUT2D eigenvalue weighted by atomic mass is 10.2. The van der Waals surface area contributed by atoms with Gasteiger partial charge in [0.2, 0.25) is 11.8 Å². The zero-order chi connectivity index (χ0) is 17.1. The summed E-state index contributed by atoms with van der Waals surface area (Å²) in [5.41, 5.74) is 0.276. The van der Waals surface area contributed by atoms with Gasteiger partial charge in [-0.05, 0) is 25.1 Å². The Hall–Kier alpha value is -2.29. The van der Waals surface area contributed by atoms with Crippen molar-refractivity contribution in [3.8, 4) is 0 Å². The summed E-state index contributed by atoms with van der Waals surface area (Å²) in [4.78, 5) is 35.5. The average molecular weight is 341 g/mol. The highest BCUT2D eigenvalue weighted by molar-refractivity contribution is 7.81. The van der Waals surface area contributed by atoms with Gasteiger partial charge in [-0.3, -0.25) is 14.5 Å². The van der Waals surface area contributed by atoms with E-state index in [1.165, 1.54) is 24.0 Å². The fourth-order valence-corrected chi connectivity index (χ4v) is 2.30. The topological polar surface area (TPSA) is 87.7 Å². The Labute approximate surface area is 137 Å². The summed E-state index contributed by atoms with van der Waals surface area (Å²) in [5.74, 6) is -1.51. The van der Waals surface area contributed by atoms with E-state index in [9.17, 15) is 18.8 Å². The number of ether oxygens (including phenoxy) is 1. The molecule has 1 aromatic carbocycles. The number of rotatable bonds is 4. The van der Waals surface area contributed by atoms with Gasteiger partial charge in [-0.2, -0.15) is 12.6 Å². The Bertz CT molecular complexity index is 655. The number of carbonyl (C=O) groups excluding carboxylic acids is 3. The predicted octanol–water partition coefficient (Wildman–Crippen LogP) is 1.50. The van der Waals surface area contributed by atoms with Crippen molar-refractivity contribution in [1.82, 2.24) is 5.32 Å². The minimum absolute atomic E-state index is 0.0152. The summed E-state index contributed by atoms with van der Waals surface area (Å²) in [6.07, 6.45) is -1.55. The van der Waals surface area contributed by atoms with Crippen LogP contribution in [0.3, 0.4) is 0 Å². The molecule has 1 aromatic rings. The van der Waals surface area contributed by atoms with E-state index >= 15 is 0 Å². The molecule has 1 aliphatic rings. The molecule has 2 rings (SSSR count). The van der Waals surface area contributed by atoms with Gasteiger partial charge in [0.05, 0.1) is 23.2 Å². The van der Waals surface area contributed by atoms with Crippen LogP contribution in [0, 0.1) is 5.82 Å². The normalized spacial score (nSPS) is 20.2. The molecule has 1 aliphatic heterocycles. The Morgan fingerprint density at radius 3 is 2.70 bits per heavy atom. The number of benzene rings is 1. The monoisotopic (exact) mass is 341 g/mol. The van der Waals surface area contributed by atoms with Crippen molar-refractivity contribution in [2.45, 2.75) is 26.1 Å². The Balaban J connectivity index is 2.21. The molecular weight excluding hydrogens is 325 g/mol. The lowest BCUT2D eigenvalue weighted by molar-refractivity contribution is -0.121. The molecule has 124 valence electrons. The first kappa shape index (κ1) is 17.1. The lowest BCUT2D eigenvalue weighted by Gasteiger charge is -2.21. The van der Waals surface area contributed by atoms with Crippen LogP contribution in [0.1, 0.15) is 13.8 Å². The van der Waals surface area contributed by atoms with E-state index in [4.69, 9.17) is 4.74 Å². The minimum Gasteiger partial charge on any atom is -0.423 e. The molecule has 2 N–H and O–H groups in total. The number of halogens is 1. The zero-order valence-corrected chi connectivity index (χ0v) is 13.4. The number of nitrogens with one attached hydrogen (secondary N) is 2. The molecule has 9 heteroatoms. The van der Waals surface area contributed by atoms with Gasteiger partial charge in [-0.1, -0.05) is 0 Å². The number of nitrogens with zero attached hydrogens (tertiary/aromatic N) is 1. The number of carbonyl (C=O) groups is 3. The molecule has 1 fully saturated rings. The number of amides is 3. The third-order valence-electron chi connectivity index (χ3n) is 3.26. The maximum Gasteiger partial charge on any atom is 0.416 e. The second kappa shape index (κ2) is 6.86. The molecule has 0 bridgehead atoms. The molecule has 1 saturated heterocycles. The lowest BCUT2D eigenvalue weighted by Crippen LogP contribution is -2.44. The molecule has 0 radical (unpaired) electrons. The Morgan fingerprint density at radius 2 is 2.13 bits per heavy atom. The van der Waals surface area contributed by atoms with Crippen LogP contribution in [0.15, 0.2) is 18.2 Å². The molecule has 0 aromatic heterocycles. The molecular formula is C14H16FN3O4S. The van der Waals surface area contributed by atoms with E-state index in [-0.39, 0.29) is 23.0 Å². The van der Waals surface area contributed by atoms with Crippen molar-refractivity contribution < 1.29 is 23.5 Å². The van der Waals surface area contributed by atoms with Gasteiger partial charge >= 0.3 is 6.09 Å². The quantitative estimate of drug-likeness (QED) is 0.724. The van der Waals surface area contributed by atoms with E-state index in [2.05, 4.69) is 23.3 Å². The second-order valence-electron chi connectivity index (χ2n) is 4.99. The first-order valence-electron chi connectivity index (χ1n) is 6.80. The standard InChI is InChI=1S/C14H16FN3O4S/c1-7-13(17-12(20)6-23)22-14(21)18(7)9-3-4-11(10(15)5-9)16-8(2)19/h3-5,7,13,23H,6H2,1-2H3,(H,16,19)(H,17,20)/t7?,13-/m0/s1. The predicted molar refractivity (Wildman–Crippen MR) is 84.9 cm³/mol. The van der Waals surface area contributed by atoms with E-state index in [0.717, 1.165) is 6.07 Å². The number of thiol groups is 1. The van der Waals surface area contributed by atoms with E-state index in [0.29, 0.717) is 0 Å². The highest BCUT2D eigenvalue weighted by Crippen LogP contribution is 2.29. The number of anilines is 2. The third-order valence-corrected chi connectivity index (χ3v) is 3.55. The smallest absolute Gasteiger partial charge is 0.416 e. The summed E-state index contributed by atoms with van der Waals surface area (Å²) >= 11 is 3.83. The number of cyclic esters (lactones) is 1. The van der Waals surface area contributed by atoms with Crippen molar-refractivity contribution in [1.29, 1.82) is 0 Å². The van der Waals surface area contributed by atoms with Crippen LogP contribution in [0.5, 0.6) is 0 Å². The number of hydrogen-bond acceptors (Lipinski definition) is 5. The van der Waals surface area contributed by atoms with Gasteiger partial charge in [-0.15, -0.1) is 0 Å². The van der Waals surface area contributed by atoms with Crippen molar-refractivity contribution in [2.24, 2.45) is 0 Å². The first-order valence-corrected chi connectivity index (χ1v) is 7.44. The fourth-order valence-electron chi connectivity index (χ4n) is 2.21. The van der Waals surface area contributed by atoms with Crippen LogP contribution >= 0.6 is 12.6 Å². The second-order valence-corrected chi connectivity index (χ2v) is 5.30. The summed E-state index contributed by atoms with van der Waals surface area (Å²) in [5, 5.41) is 4.85. The Kier molecular flexibility index (Phi) is 5.09. The van der Waals surface area contributed by atoms with Crippen LogP contribution in [-0.2, 0) is 14.3 Å². The van der Waals surface area contributed by atoms with Crippen LogP contribution in [-0.4, -0.2) is 35.9 Å². The van der Waals surface area contributed by atoms with Crippen molar-refractivity contribution >= 4 is 41.9 Å². The highest BCUT2D eigenvalue weighted by atomic mass is 32.1. The summed E-state index contributed by atoms with van der Waals surface area (Å²) in [6, 6.07) is 3.42. The fraction of sp³-hybridized carbons (Fsp3) is 0.357. The van der Waals surface area contributed by atoms with Crippen LogP contribution in [0.25, 0.3) is 0 Å².